The van der Waals surface area contributed by atoms with Gasteiger partial charge in [-0.2, -0.15) is 30.4 Å². The van der Waals surface area contributed by atoms with Crippen molar-refractivity contribution in [2.24, 2.45) is 0 Å². The van der Waals surface area contributed by atoms with Crippen LogP contribution in [0.3, 0.4) is 0 Å². The fourth-order valence-electron chi connectivity index (χ4n) is 4.23. The fourth-order valence-corrected chi connectivity index (χ4v) is 5.17. The van der Waals surface area contributed by atoms with E-state index in [2.05, 4.69) is 4.18 Å². The smallest absolute Gasteiger partial charge is 0.416 e. The van der Waals surface area contributed by atoms with E-state index < -0.39 is 73.6 Å². The summed E-state index contributed by atoms with van der Waals surface area (Å²) in [6.45, 7) is 0.362. The number of rotatable bonds is 6. The summed E-state index contributed by atoms with van der Waals surface area (Å²) in [6, 6.07) is 6.07. The Kier molecular flexibility index (Phi) is 7.06. The average Bonchev–Trinajstić information content (AvgIpc) is 2.89. The number of hydrogen-bond donors (Lipinski definition) is 0. The minimum atomic E-state index is -5.14. The van der Waals surface area contributed by atoms with Crippen LogP contribution in [-0.2, 0) is 21.0 Å². The zero-order valence-electron chi connectivity index (χ0n) is 19.8. The maximum absolute atomic E-state index is 14.0. The maximum atomic E-state index is 14.0. The second kappa shape index (κ2) is 10.1. The molecule has 0 aromatic heterocycles. The van der Waals surface area contributed by atoms with Gasteiger partial charge in [0, 0.05) is 23.1 Å². The minimum absolute atomic E-state index is 0.00727. The summed E-state index contributed by atoms with van der Waals surface area (Å²) in [5.74, 6) is -15.0. The molecule has 15 heteroatoms. The third-order valence-electron chi connectivity index (χ3n) is 6.29. The lowest BCUT2D eigenvalue weighted by atomic mass is 9.85. The predicted octanol–water partition coefficient (Wildman–Crippen LogP) is 5.86. The van der Waals surface area contributed by atoms with Crippen LogP contribution in [-0.4, -0.2) is 34.3 Å². The molecular formula is C25H16F8O6S. The molecule has 2 heterocycles. The Morgan fingerprint density at radius 1 is 0.825 bits per heavy atom. The molecule has 2 aliphatic rings. The SMILES string of the molecule is O=S(=O)(Oc1c(F)c(F)c(F)c(F)c1F)c1ccc2c(c1)OCC[C@H]2c1ccc(C(F)(F)F)cc1OC1COC1. The van der Waals surface area contributed by atoms with Crippen LogP contribution in [0.2, 0.25) is 0 Å². The van der Waals surface area contributed by atoms with Gasteiger partial charge in [0.25, 0.3) is 0 Å². The van der Waals surface area contributed by atoms with Crippen LogP contribution in [0.4, 0.5) is 35.1 Å². The van der Waals surface area contributed by atoms with Crippen LogP contribution in [0.25, 0.3) is 0 Å². The van der Waals surface area contributed by atoms with Gasteiger partial charge in [0.15, 0.2) is 0 Å². The van der Waals surface area contributed by atoms with Crippen LogP contribution in [0, 0.1) is 29.1 Å². The lowest BCUT2D eigenvalue weighted by Crippen LogP contribution is -2.39. The molecule has 3 aromatic carbocycles. The van der Waals surface area contributed by atoms with Gasteiger partial charge < -0.3 is 18.4 Å². The van der Waals surface area contributed by atoms with E-state index in [-0.39, 0.29) is 37.7 Å². The highest BCUT2D eigenvalue weighted by Crippen LogP contribution is 2.45. The van der Waals surface area contributed by atoms with Gasteiger partial charge >= 0.3 is 16.3 Å². The van der Waals surface area contributed by atoms with Crippen LogP contribution in [0.5, 0.6) is 17.2 Å². The number of benzene rings is 3. The number of hydrogen-bond acceptors (Lipinski definition) is 6. The molecule has 1 fully saturated rings. The first kappa shape index (κ1) is 28.0. The van der Waals surface area contributed by atoms with Gasteiger partial charge in [-0.25, -0.2) is 13.2 Å². The lowest BCUT2D eigenvalue weighted by molar-refractivity contribution is -0.138. The summed E-state index contributed by atoms with van der Waals surface area (Å²) in [6.07, 6.45) is -4.84. The van der Waals surface area contributed by atoms with Gasteiger partial charge in [0.2, 0.25) is 34.8 Å². The molecule has 0 aliphatic carbocycles. The minimum Gasteiger partial charge on any atom is -0.493 e. The molecule has 0 spiro atoms. The van der Waals surface area contributed by atoms with Crippen molar-refractivity contribution in [3.63, 3.8) is 0 Å². The van der Waals surface area contributed by atoms with Crippen molar-refractivity contribution >= 4 is 10.1 Å². The monoisotopic (exact) mass is 596 g/mol. The van der Waals surface area contributed by atoms with E-state index in [0.717, 1.165) is 24.3 Å². The molecule has 40 heavy (non-hydrogen) atoms. The first-order chi connectivity index (χ1) is 18.8. The zero-order chi connectivity index (χ0) is 29.0. The second-order valence-corrected chi connectivity index (χ2v) is 10.4. The van der Waals surface area contributed by atoms with Crippen LogP contribution in [0.1, 0.15) is 29.0 Å². The summed E-state index contributed by atoms with van der Waals surface area (Å²) in [4.78, 5) is -0.744. The molecule has 0 amide bonds. The van der Waals surface area contributed by atoms with Gasteiger partial charge in [-0.05, 0) is 24.6 Å². The Bertz CT molecular complexity index is 1560. The molecular weight excluding hydrogens is 580 g/mol. The van der Waals surface area contributed by atoms with Gasteiger partial charge in [-0.15, -0.1) is 0 Å². The molecule has 0 saturated carbocycles. The third-order valence-corrected chi connectivity index (χ3v) is 7.51. The average molecular weight is 596 g/mol. The second-order valence-electron chi connectivity index (χ2n) is 8.85. The third kappa shape index (κ3) is 5.03. The Morgan fingerprint density at radius 3 is 2.05 bits per heavy atom. The van der Waals surface area contributed by atoms with Crippen molar-refractivity contribution in [1.29, 1.82) is 0 Å². The molecule has 0 unspecified atom stereocenters. The summed E-state index contributed by atoms with van der Waals surface area (Å²) >= 11 is 0. The topological polar surface area (TPSA) is 71.1 Å². The van der Waals surface area contributed by atoms with E-state index in [1.165, 1.54) is 12.1 Å². The largest absolute Gasteiger partial charge is 0.493 e. The van der Waals surface area contributed by atoms with E-state index in [1.54, 1.807) is 0 Å². The van der Waals surface area contributed by atoms with Crippen molar-refractivity contribution in [3.8, 4) is 17.2 Å². The molecule has 0 bridgehead atoms. The molecule has 1 atom stereocenters. The Morgan fingerprint density at radius 2 is 1.45 bits per heavy atom. The van der Waals surface area contributed by atoms with Crippen LogP contribution >= 0.6 is 0 Å². The molecule has 6 nitrogen and oxygen atoms in total. The normalized spacial score (nSPS) is 17.6. The van der Waals surface area contributed by atoms with Gasteiger partial charge in [0.05, 0.1) is 25.4 Å². The van der Waals surface area contributed by atoms with E-state index in [9.17, 15) is 43.5 Å². The van der Waals surface area contributed by atoms with Gasteiger partial charge in [-0.3, -0.25) is 0 Å². The number of halogens is 8. The summed E-state index contributed by atoms with van der Waals surface area (Å²) in [5.41, 5.74) is -0.237. The highest BCUT2D eigenvalue weighted by atomic mass is 32.2. The zero-order valence-corrected chi connectivity index (χ0v) is 20.6. The standard InChI is InChI=1S/C25H16F8O6S/c26-19-20(27)22(29)24(23(30)21(19)28)39-40(34,35)13-2-4-15-14(5-6-37-17(15)8-13)16-3-1-11(25(31,32)33)7-18(16)38-12-9-36-10-12/h1-4,7-8,12,14H,5-6,9-10H2/t14-/m1/s1. The Balaban J connectivity index is 1.50. The molecule has 2 aliphatic heterocycles. The first-order valence-corrected chi connectivity index (χ1v) is 12.9. The van der Waals surface area contributed by atoms with Crippen molar-refractivity contribution in [2.45, 2.75) is 29.5 Å². The molecule has 0 N–H and O–H groups in total. The van der Waals surface area contributed by atoms with Crippen molar-refractivity contribution < 1.29 is 61.9 Å². The van der Waals surface area contributed by atoms with Crippen LogP contribution in [0.15, 0.2) is 41.3 Å². The molecule has 5 rings (SSSR count). The fraction of sp³-hybridized carbons (Fsp3) is 0.280. The quantitative estimate of drug-likeness (QED) is 0.154. The van der Waals surface area contributed by atoms with E-state index in [4.69, 9.17) is 14.2 Å². The summed E-state index contributed by atoms with van der Waals surface area (Å²) < 4.78 is 154. The van der Waals surface area contributed by atoms with E-state index in [0.29, 0.717) is 11.1 Å². The number of ether oxygens (including phenoxy) is 3. The summed E-state index contributed by atoms with van der Waals surface area (Å²) in [7, 11) is -5.14. The maximum Gasteiger partial charge on any atom is 0.416 e. The molecule has 0 radical (unpaired) electrons. The lowest BCUT2D eigenvalue weighted by Gasteiger charge is -2.31. The van der Waals surface area contributed by atoms with Crippen molar-refractivity contribution in [2.75, 3.05) is 19.8 Å². The van der Waals surface area contributed by atoms with Gasteiger partial charge in [0.1, 0.15) is 22.5 Å². The van der Waals surface area contributed by atoms with E-state index in [1.807, 2.05) is 0 Å². The van der Waals surface area contributed by atoms with Gasteiger partial charge in [-0.1, -0.05) is 12.1 Å². The van der Waals surface area contributed by atoms with Crippen LogP contribution < -0.4 is 13.7 Å². The van der Waals surface area contributed by atoms with Crippen molar-refractivity contribution in [1.82, 2.24) is 0 Å². The van der Waals surface area contributed by atoms with E-state index >= 15 is 0 Å². The highest BCUT2D eigenvalue weighted by Gasteiger charge is 2.36. The van der Waals surface area contributed by atoms with Crippen molar-refractivity contribution in [3.05, 3.63) is 82.2 Å². The molecule has 1 saturated heterocycles. The number of alkyl halides is 3. The Hall–Kier alpha value is -3.59. The Labute approximate surface area is 221 Å². The predicted molar refractivity (Wildman–Crippen MR) is 119 cm³/mol. The molecule has 214 valence electrons. The summed E-state index contributed by atoms with van der Waals surface area (Å²) in [5, 5.41) is 0. The highest BCUT2D eigenvalue weighted by molar-refractivity contribution is 7.87. The number of fused-ring (bicyclic) bond motifs is 1. The first-order valence-electron chi connectivity index (χ1n) is 11.5. The molecule has 3 aromatic rings.